The van der Waals surface area contributed by atoms with Gasteiger partial charge in [0.1, 0.15) is 0 Å². The smallest absolute Gasteiger partial charge is 0.224 e. The second kappa shape index (κ2) is 7.56. The molecule has 0 spiro atoms. The van der Waals surface area contributed by atoms with Crippen LogP contribution in [0.1, 0.15) is 18.4 Å². The number of sulfone groups is 1. The van der Waals surface area contributed by atoms with Crippen LogP contribution in [-0.4, -0.2) is 39.0 Å². The molecule has 0 radical (unpaired) electrons. The highest BCUT2D eigenvalue weighted by Crippen LogP contribution is 2.18. The van der Waals surface area contributed by atoms with Crippen molar-refractivity contribution in [3.8, 4) is 0 Å². The molecule has 1 aromatic carbocycles. The van der Waals surface area contributed by atoms with Crippen LogP contribution in [0.15, 0.2) is 30.3 Å². The molecule has 1 aliphatic rings. The fourth-order valence-electron chi connectivity index (χ4n) is 2.30. The van der Waals surface area contributed by atoms with E-state index >= 15 is 0 Å². The summed E-state index contributed by atoms with van der Waals surface area (Å²) in [6.07, 6.45) is 1.16. The zero-order valence-corrected chi connectivity index (χ0v) is 12.8. The van der Waals surface area contributed by atoms with Gasteiger partial charge in [0.15, 0.2) is 9.84 Å². The summed E-state index contributed by atoms with van der Waals surface area (Å²) >= 11 is 0. The van der Waals surface area contributed by atoms with Crippen LogP contribution in [0.4, 0.5) is 0 Å². The summed E-state index contributed by atoms with van der Waals surface area (Å²) in [4.78, 5) is 11.8. The maximum absolute atomic E-state index is 11.8. The van der Waals surface area contributed by atoms with E-state index in [1.165, 1.54) is 0 Å². The van der Waals surface area contributed by atoms with Gasteiger partial charge in [-0.2, -0.15) is 0 Å². The second-order valence-electron chi connectivity index (χ2n) is 5.28. The third kappa shape index (κ3) is 5.47. The maximum Gasteiger partial charge on any atom is 0.224 e. The molecule has 1 heterocycles. The normalized spacial score (nSPS) is 20.3. The van der Waals surface area contributed by atoms with Crippen LogP contribution in [0.2, 0.25) is 0 Å². The highest BCUT2D eigenvalue weighted by molar-refractivity contribution is 7.91. The first-order valence-corrected chi connectivity index (χ1v) is 8.99. The molecular weight excluding hydrogens is 290 g/mol. The SMILES string of the molecule is O=C(NCCCOCc1ccccc1)C1CCS(=O)(=O)C1. The quantitative estimate of drug-likeness (QED) is 0.767. The number of carbonyl (C=O) groups is 1. The molecule has 1 unspecified atom stereocenters. The lowest BCUT2D eigenvalue weighted by molar-refractivity contribution is -0.124. The van der Waals surface area contributed by atoms with Gasteiger partial charge in [-0.25, -0.2) is 8.42 Å². The third-order valence-electron chi connectivity index (χ3n) is 3.48. The van der Waals surface area contributed by atoms with E-state index in [-0.39, 0.29) is 23.3 Å². The molecule has 21 heavy (non-hydrogen) atoms. The second-order valence-corrected chi connectivity index (χ2v) is 7.51. The topological polar surface area (TPSA) is 72.5 Å². The van der Waals surface area contributed by atoms with Crippen molar-refractivity contribution in [3.63, 3.8) is 0 Å². The van der Waals surface area contributed by atoms with Crippen molar-refractivity contribution < 1.29 is 17.9 Å². The lowest BCUT2D eigenvalue weighted by Gasteiger charge is -2.09. The summed E-state index contributed by atoms with van der Waals surface area (Å²) < 4.78 is 28.1. The molecule has 5 nitrogen and oxygen atoms in total. The number of amides is 1. The van der Waals surface area contributed by atoms with Crippen molar-refractivity contribution in [1.82, 2.24) is 5.32 Å². The largest absolute Gasteiger partial charge is 0.377 e. The van der Waals surface area contributed by atoms with Crippen molar-refractivity contribution in [2.75, 3.05) is 24.7 Å². The minimum Gasteiger partial charge on any atom is -0.377 e. The molecule has 1 N–H and O–H groups in total. The molecular formula is C15H21NO4S. The molecule has 0 saturated carbocycles. The number of rotatable bonds is 7. The molecule has 2 rings (SSSR count). The van der Waals surface area contributed by atoms with Gasteiger partial charge in [-0.15, -0.1) is 0 Å². The molecule has 0 aliphatic carbocycles. The minimum absolute atomic E-state index is 0.0106. The van der Waals surface area contributed by atoms with Crippen molar-refractivity contribution in [2.45, 2.75) is 19.4 Å². The fourth-order valence-corrected chi connectivity index (χ4v) is 4.04. The predicted molar refractivity (Wildman–Crippen MR) is 80.5 cm³/mol. The van der Waals surface area contributed by atoms with Crippen molar-refractivity contribution >= 4 is 15.7 Å². The van der Waals surface area contributed by atoms with Gasteiger partial charge in [0.2, 0.25) is 5.91 Å². The standard InChI is InChI=1S/C15H21NO4S/c17-15(14-7-10-21(18,19)12-14)16-8-4-9-20-11-13-5-2-1-3-6-13/h1-3,5-6,14H,4,7-12H2,(H,16,17). The Kier molecular flexibility index (Phi) is 5.76. The molecule has 1 atom stereocenters. The Morgan fingerprint density at radius 3 is 2.71 bits per heavy atom. The Morgan fingerprint density at radius 2 is 2.05 bits per heavy atom. The van der Waals surface area contributed by atoms with Crippen molar-refractivity contribution in [1.29, 1.82) is 0 Å². The first-order valence-electron chi connectivity index (χ1n) is 7.17. The average molecular weight is 311 g/mol. The van der Waals surface area contributed by atoms with E-state index in [1.54, 1.807) is 0 Å². The van der Waals surface area contributed by atoms with Crippen LogP contribution in [0.5, 0.6) is 0 Å². The molecule has 0 aromatic heterocycles. The highest BCUT2D eigenvalue weighted by Gasteiger charge is 2.32. The van der Waals surface area contributed by atoms with Crippen LogP contribution in [-0.2, 0) is 26.0 Å². The zero-order valence-electron chi connectivity index (χ0n) is 12.0. The Bertz CT molecular complexity index is 556. The monoisotopic (exact) mass is 311 g/mol. The van der Waals surface area contributed by atoms with E-state index in [4.69, 9.17) is 4.74 Å². The Morgan fingerprint density at radius 1 is 1.29 bits per heavy atom. The summed E-state index contributed by atoms with van der Waals surface area (Å²) in [6, 6.07) is 9.90. The number of benzene rings is 1. The minimum atomic E-state index is -3.00. The van der Waals surface area contributed by atoms with Crippen LogP contribution in [0.3, 0.4) is 0 Å². The van der Waals surface area contributed by atoms with Gasteiger partial charge in [-0.05, 0) is 18.4 Å². The Balaban J connectivity index is 1.55. The molecule has 1 amide bonds. The van der Waals surface area contributed by atoms with Crippen LogP contribution in [0.25, 0.3) is 0 Å². The van der Waals surface area contributed by atoms with Gasteiger partial charge in [0.05, 0.1) is 24.0 Å². The van der Waals surface area contributed by atoms with E-state index in [9.17, 15) is 13.2 Å². The van der Waals surface area contributed by atoms with Gasteiger partial charge in [-0.3, -0.25) is 4.79 Å². The fraction of sp³-hybridized carbons (Fsp3) is 0.533. The summed E-state index contributed by atoms with van der Waals surface area (Å²) in [7, 11) is -3.00. The summed E-state index contributed by atoms with van der Waals surface area (Å²) in [5.74, 6) is -0.409. The van der Waals surface area contributed by atoms with E-state index in [1.807, 2.05) is 30.3 Å². The summed E-state index contributed by atoms with van der Waals surface area (Å²) in [5, 5.41) is 2.78. The van der Waals surface area contributed by atoms with E-state index in [0.29, 0.717) is 26.2 Å². The number of nitrogens with one attached hydrogen (secondary N) is 1. The van der Waals surface area contributed by atoms with E-state index in [0.717, 1.165) is 12.0 Å². The van der Waals surface area contributed by atoms with Gasteiger partial charge in [0, 0.05) is 13.2 Å². The van der Waals surface area contributed by atoms with Gasteiger partial charge in [-0.1, -0.05) is 30.3 Å². The van der Waals surface area contributed by atoms with Gasteiger partial charge >= 0.3 is 0 Å². The van der Waals surface area contributed by atoms with Crippen LogP contribution in [0, 0.1) is 5.92 Å². The first kappa shape index (κ1) is 16.0. The van der Waals surface area contributed by atoms with E-state index < -0.39 is 9.84 Å². The summed E-state index contributed by atoms with van der Waals surface area (Å²) in [6.45, 7) is 1.65. The molecule has 6 heteroatoms. The Labute approximate surface area is 125 Å². The Hall–Kier alpha value is -1.40. The molecule has 116 valence electrons. The predicted octanol–water partition coefficient (Wildman–Crippen LogP) is 1.14. The number of hydrogen-bond donors (Lipinski definition) is 1. The maximum atomic E-state index is 11.8. The first-order chi connectivity index (χ1) is 10.1. The molecule has 1 saturated heterocycles. The number of carbonyl (C=O) groups excluding carboxylic acids is 1. The molecule has 1 fully saturated rings. The zero-order chi connectivity index (χ0) is 15.1. The third-order valence-corrected chi connectivity index (χ3v) is 5.25. The molecule has 1 aromatic rings. The lowest BCUT2D eigenvalue weighted by Crippen LogP contribution is -2.32. The van der Waals surface area contributed by atoms with Crippen molar-refractivity contribution in [2.24, 2.45) is 5.92 Å². The van der Waals surface area contributed by atoms with Crippen LogP contribution < -0.4 is 5.32 Å². The molecule has 1 aliphatic heterocycles. The van der Waals surface area contributed by atoms with Gasteiger partial charge < -0.3 is 10.1 Å². The van der Waals surface area contributed by atoms with Gasteiger partial charge in [0.25, 0.3) is 0 Å². The summed E-state index contributed by atoms with van der Waals surface area (Å²) in [5.41, 5.74) is 1.12. The average Bonchev–Trinajstić information content (AvgIpc) is 2.84. The van der Waals surface area contributed by atoms with Crippen LogP contribution >= 0.6 is 0 Å². The van der Waals surface area contributed by atoms with E-state index in [2.05, 4.69) is 5.32 Å². The number of hydrogen-bond acceptors (Lipinski definition) is 4. The lowest BCUT2D eigenvalue weighted by atomic mass is 10.1. The van der Waals surface area contributed by atoms with Crippen molar-refractivity contribution in [3.05, 3.63) is 35.9 Å². The molecule has 0 bridgehead atoms. The highest BCUT2D eigenvalue weighted by atomic mass is 32.2. The number of ether oxygens (including phenoxy) is 1.